The van der Waals surface area contributed by atoms with Gasteiger partial charge in [0.15, 0.2) is 11.0 Å². The topological polar surface area (TPSA) is 68.8 Å². The van der Waals surface area contributed by atoms with Gasteiger partial charge in [0, 0.05) is 42.5 Å². The van der Waals surface area contributed by atoms with Crippen LogP contribution < -0.4 is 0 Å². The molecule has 2 heterocycles. The molecule has 4 aromatic rings. The van der Waals surface area contributed by atoms with Gasteiger partial charge in [0.2, 0.25) is 5.91 Å². The number of halogens is 1. The maximum Gasteiger partial charge on any atom is 0.233 e. The van der Waals surface area contributed by atoms with Crippen molar-refractivity contribution in [3.63, 3.8) is 0 Å². The number of carbonyl (C=O) groups is 1. The second-order valence-electron chi connectivity index (χ2n) is 7.22. The van der Waals surface area contributed by atoms with Gasteiger partial charge in [-0.1, -0.05) is 41.6 Å². The van der Waals surface area contributed by atoms with Crippen molar-refractivity contribution in [3.8, 4) is 17.1 Å². The third-order valence-corrected chi connectivity index (χ3v) is 6.17. The highest BCUT2D eigenvalue weighted by Crippen LogP contribution is 2.25. The van der Waals surface area contributed by atoms with Crippen molar-refractivity contribution >= 4 is 29.3 Å². The van der Waals surface area contributed by atoms with E-state index < -0.39 is 0 Å². The Kier molecular flexibility index (Phi) is 6.92. The van der Waals surface area contributed by atoms with Crippen LogP contribution in [0.25, 0.3) is 17.1 Å². The molecule has 0 spiro atoms. The van der Waals surface area contributed by atoms with E-state index >= 15 is 0 Å². The minimum absolute atomic E-state index is 0.0150. The van der Waals surface area contributed by atoms with Gasteiger partial charge in [-0.25, -0.2) is 4.68 Å². The quantitative estimate of drug-likeness (QED) is 0.356. The van der Waals surface area contributed by atoms with E-state index in [-0.39, 0.29) is 11.7 Å². The SMILES string of the molecule is CCn1c(SCC(=O)N(C)Cc2cnn(-c3ccccc3)c2)nnc1-c1ccc(Cl)cc1. The molecule has 1 amide bonds. The highest BCUT2D eigenvalue weighted by Gasteiger charge is 2.17. The molecule has 0 saturated heterocycles. The lowest BCUT2D eigenvalue weighted by Crippen LogP contribution is -2.27. The van der Waals surface area contributed by atoms with Crippen LogP contribution in [0.5, 0.6) is 0 Å². The van der Waals surface area contributed by atoms with Gasteiger partial charge >= 0.3 is 0 Å². The van der Waals surface area contributed by atoms with Gasteiger partial charge in [0.25, 0.3) is 0 Å². The van der Waals surface area contributed by atoms with Crippen molar-refractivity contribution in [1.29, 1.82) is 0 Å². The van der Waals surface area contributed by atoms with Crippen molar-refractivity contribution in [1.82, 2.24) is 29.4 Å². The molecule has 0 aliphatic heterocycles. The van der Waals surface area contributed by atoms with Crippen LogP contribution in [-0.2, 0) is 17.9 Å². The summed E-state index contributed by atoms with van der Waals surface area (Å²) >= 11 is 7.38. The summed E-state index contributed by atoms with van der Waals surface area (Å²) < 4.78 is 3.81. The smallest absolute Gasteiger partial charge is 0.233 e. The number of carbonyl (C=O) groups excluding carboxylic acids is 1. The third kappa shape index (κ3) is 5.03. The van der Waals surface area contributed by atoms with Gasteiger partial charge in [-0.3, -0.25) is 4.79 Å². The fourth-order valence-corrected chi connectivity index (χ4v) is 4.32. The Labute approximate surface area is 196 Å². The standard InChI is InChI=1S/C23H23ClN6OS/c1-3-29-22(18-9-11-19(24)12-10-18)26-27-23(29)32-16-21(31)28(2)14-17-13-25-30(15-17)20-7-5-4-6-8-20/h4-13,15H,3,14,16H2,1-2H3. The maximum atomic E-state index is 12.7. The number of aromatic nitrogens is 5. The molecule has 9 heteroatoms. The molecule has 32 heavy (non-hydrogen) atoms. The van der Waals surface area contributed by atoms with E-state index in [4.69, 9.17) is 11.6 Å². The van der Waals surface area contributed by atoms with Gasteiger partial charge in [-0.05, 0) is 43.3 Å². The first kappa shape index (κ1) is 22.1. The number of benzene rings is 2. The van der Waals surface area contributed by atoms with Crippen LogP contribution in [0.15, 0.2) is 72.1 Å². The van der Waals surface area contributed by atoms with Crippen LogP contribution in [0.2, 0.25) is 5.02 Å². The molecule has 0 aliphatic rings. The summed E-state index contributed by atoms with van der Waals surface area (Å²) in [5, 5.41) is 14.4. The molecular weight excluding hydrogens is 444 g/mol. The summed E-state index contributed by atoms with van der Waals surface area (Å²) in [4.78, 5) is 14.4. The Morgan fingerprint density at radius 2 is 1.84 bits per heavy atom. The number of para-hydroxylation sites is 1. The summed E-state index contributed by atoms with van der Waals surface area (Å²) in [6, 6.07) is 17.4. The van der Waals surface area contributed by atoms with Gasteiger partial charge in [-0.15, -0.1) is 10.2 Å². The molecule has 0 N–H and O–H groups in total. The van der Waals surface area contributed by atoms with E-state index in [9.17, 15) is 4.79 Å². The van der Waals surface area contributed by atoms with E-state index in [1.807, 2.05) is 77.0 Å². The highest BCUT2D eigenvalue weighted by atomic mass is 35.5. The molecular formula is C23H23ClN6OS. The first-order valence-electron chi connectivity index (χ1n) is 10.2. The molecule has 0 unspecified atom stereocenters. The summed E-state index contributed by atoms with van der Waals surface area (Å²) in [6.45, 7) is 3.23. The zero-order valence-corrected chi connectivity index (χ0v) is 19.4. The maximum absolute atomic E-state index is 12.7. The zero-order chi connectivity index (χ0) is 22.5. The second kappa shape index (κ2) is 10.0. The van der Waals surface area contributed by atoms with E-state index in [0.717, 1.165) is 27.8 Å². The van der Waals surface area contributed by atoms with Crippen LogP contribution in [0.4, 0.5) is 0 Å². The third-order valence-electron chi connectivity index (χ3n) is 4.96. The van der Waals surface area contributed by atoms with Crippen molar-refractivity contribution in [3.05, 3.63) is 77.6 Å². The van der Waals surface area contributed by atoms with Crippen LogP contribution in [0, 0.1) is 0 Å². The summed E-state index contributed by atoms with van der Waals surface area (Å²) in [5.74, 6) is 1.06. The number of nitrogens with zero attached hydrogens (tertiary/aromatic N) is 6. The molecule has 2 aromatic carbocycles. The Morgan fingerprint density at radius 1 is 1.09 bits per heavy atom. The average Bonchev–Trinajstić information content (AvgIpc) is 3.45. The number of thioether (sulfide) groups is 1. The molecule has 0 fully saturated rings. The number of amides is 1. The monoisotopic (exact) mass is 466 g/mol. The fourth-order valence-electron chi connectivity index (χ4n) is 3.26. The number of hydrogen-bond acceptors (Lipinski definition) is 5. The minimum atomic E-state index is 0.0150. The summed E-state index contributed by atoms with van der Waals surface area (Å²) in [6.07, 6.45) is 3.73. The zero-order valence-electron chi connectivity index (χ0n) is 17.8. The lowest BCUT2D eigenvalue weighted by Gasteiger charge is -2.16. The Hall–Kier alpha value is -3.10. The van der Waals surface area contributed by atoms with Crippen molar-refractivity contribution in [2.75, 3.05) is 12.8 Å². The van der Waals surface area contributed by atoms with Gasteiger partial charge in [0.1, 0.15) is 0 Å². The first-order valence-corrected chi connectivity index (χ1v) is 11.6. The molecule has 0 radical (unpaired) electrons. The predicted octanol–water partition coefficient (Wildman–Crippen LogP) is 4.55. The molecule has 7 nitrogen and oxygen atoms in total. The van der Waals surface area contributed by atoms with Crippen LogP contribution in [0.3, 0.4) is 0 Å². The molecule has 2 aromatic heterocycles. The van der Waals surface area contributed by atoms with Crippen LogP contribution in [0.1, 0.15) is 12.5 Å². The summed E-state index contributed by atoms with van der Waals surface area (Å²) in [7, 11) is 1.80. The van der Waals surface area contributed by atoms with Crippen molar-refractivity contribution < 1.29 is 4.79 Å². The van der Waals surface area contributed by atoms with E-state index in [2.05, 4.69) is 15.3 Å². The van der Waals surface area contributed by atoms with Gasteiger partial charge in [0.05, 0.1) is 17.6 Å². The van der Waals surface area contributed by atoms with Crippen molar-refractivity contribution in [2.24, 2.45) is 0 Å². The second-order valence-corrected chi connectivity index (χ2v) is 8.60. The van der Waals surface area contributed by atoms with Crippen LogP contribution in [-0.4, -0.2) is 48.2 Å². The average molecular weight is 467 g/mol. The van der Waals surface area contributed by atoms with Gasteiger partial charge in [-0.2, -0.15) is 5.10 Å². The van der Waals surface area contributed by atoms with Crippen LogP contribution >= 0.6 is 23.4 Å². The van der Waals surface area contributed by atoms with Gasteiger partial charge < -0.3 is 9.47 Å². The number of hydrogen-bond donors (Lipinski definition) is 0. The fraction of sp³-hybridized carbons (Fsp3) is 0.217. The Morgan fingerprint density at radius 3 is 2.56 bits per heavy atom. The normalized spacial score (nSPS) is 11.0. The van der Waals surface area contributed by atoms with E-state index in [1.165, 1.54) is 11.8 Å². The molecule has 4 rings (SSSR count). The molecule has 0 atom stereocenters. The van der Waals surface area contributed by atoms with E-state index in [1.54, 1.807) is 18.1 Å². The first-order chi connectivity index (χ1) is 15.5. The van der Waals surface area contributed by atoms with E-state index in [0.29, 0.717) is 18.1 Å². The largest absolute Gasteiger partial charge is 0.341 e. The number of rotatable bonds is 8. The molecule has 0 saturated carbocycles. The Balaban J connectivity index is 1.37. The molecule has 0 bridgehead atoms. The lowest BCUT2D eigenvalue weighted by atomic mass is 10.2. The molecule has 0 aliphatic carbocycles. The van der Waals surface area contributed by atoms with Crippen molar-refractivity contribution in [2.45, 2.75) is 25.2 Å². The predicted molar refractivity (Wildman–Crippen MR) is 127 cm³/mol. The molecule has 164 valence electrons. The minimum Gasteiger partial charge on any atom is -0.341 e. The Bertz CT molecular complexity index is 1190. The summed E-state index contributed by atoms with van der Waals surface area (Å²) in [5.41, 5.74) is 2.89. The lowest BCUT2D eigenvalue weighted by molar-refractivity contribution is -0.127. The highest BCUT2D eigenvalue weighted by molar-refractivity contribution is 7.99.